The molecule has 168 valence electrons. The highest BCUT2D eigenvalue weighted by Crippen LogP contribution is 2.36. The molecular formula is C29H26N4O. The highest BCUT2D eigenvalue weighted by Gasteiger charge is 2.15. The Morgan fingerprint density at radius 3 is 2.35 bits per heavy atom. The van der Waals surface area contributed by atoms with Crippen LogP contribution in [0, 0.1) is 0 Å². The molecule has 0 bridgehead atoms. The molecule has 0 aliphatic carbocycles. The molecule has 0 saturated heterocycles. The number of hydrogen-bond acceptors (Lipinski definition) is 5. The van der Waals surface area contributed by atoms with Crippen LogP contribution in [-0.2, 0) is 6.42 Å². The van der Waals surface area contributed by atoms with Crippen LogP contribution in [0.2, 0.25) is 0 Å². The van der Waals surface area contributed by atoms with Gasteiger partial charge in [-0.2, -0.15) is 0 Å². The molecule has 1 atom stereocenters. The standard InChI is InChI=1S/C29H26N4O/c1-20(30)22-7-9-24(10-8-22)28-25(23-5-3-2-4-6-23)19-26-27(33-28)13-17-32-29(26)34-18-14-21-11-15-31-16-12-21/h2-13,15-17,19-20H,14,18,30H2,1H3/t20-/m1/s1. The van der Waals surface area contributed by atoms with Crippen molar-refractivity contribution in [2.45, 2.75) is 19.4 Å². The lowest BCUT2D eigenvalue weighted by Gasteiger charge is -2.14. The predicted molar refractivity (Wildman–Crippen MR) is 136 cm³/mol. The summed E-state index contributed by atoms with van der Waals surface area (Å²) in [5, 5.41) is 0.895. The summed E-state index contributed by atoms with van der Waals surface area (Å²) in [6, 6.07) is 26.7. The number of hydrogen-bond donors (Lipinski definition) is 1. The first-order chi connectivity index (χ1) is 16.7. The second-order valence-electron chi connectivity index (χ2n) is 8.30. The normalized spacial score (nSPS) is 11.9. The first-order valence-electron chi connectivity index (χ1n) is 11.4. The number of rotatable bonds is 7. The third-order valence-electron chi connectivity index (χ3n) is 5.88. The van der Waals surface area contributed by atoms with E-state index < -0.39 is 0 Å². The molecule has 0 unspecified atom stereocenters. The topological polar surface area (TPSA) is 73.9 Å². The van der Waals surface area contributed by atoms with E-state index >= 15 is 0 Å². The minimum absolute atomic E-state index is 0.00913. The lowest BCUT2D eigenvalue weighted by atomic mass is 9.96. The zero-order chi connectivity index (χ0) is 23.3. The van der Waals surface area contributed by atoms with Crippen LogP contribution in [0.4, 0.5) is 0 Å². The van der Waals surface area contributed by atoms with Crippen molar-refractivity contribution in [3.63, 3.8) is 0 Å². The number of ether oxygens (including phenoxy) is 1. The maximum atomic E-state index is 6.12. The quantitative estimate of drug-likeness (QED) is 0.332. The lowest BCUT2D eigenvalue weighted by molar-refractivity contribution is 0.313. The van der Waals surface area contributed by atoms with E-state index in [2.05, 4.69) is 52.4 Å². The van der Waals surface area contributed by atoms with Gasteiger partial charge in [0.25, 0.3) is 0 Å². The van der Waals surface area contributed by atoms with E-state index in [1.165, 1.54) is 5.56 Å². The monoisotopic (exact) mass is 446 g/mol. The van der Waals surface area contributed by atoms with Crippen LogP contribution >= 0.6 is 0 Å². The van der Waals surface area contributed by atoms with Crippen LogP contribution in [-0.4, -0.2) is 21.6 Å². The first-order valence-corrected chi connectivity index (χ1v) is 11.4. The molecule has 0 fully saturated rings. The largest absolute Gasteiger partial charge is 0.477 e. The summed E-state index contributed by atoms with van der Waals surface area (Å²) in [7, 11) is 0. The van der Waals surface area contributed by atoms with Gasteiger partial charge in [-0.25, -0.2) is 9.97 Å². The Labute approximate surface area is 199 Å². The predicted octanol–water partition coefficient (Wildman–Crippen LogP) is 6.00. The van der Waals surface area contributed by atoms with Gasteiger partial charge in [-0.05, 0) is 47.9 Å². The zero-order valence-corrected chi connectivity index (χ0v) is 19.1. The Morgan fingerprint density at radius 1 is 0.853 bits per heavy atom. The van der Waals surface area contributed by atoms with Gasteiger partial charge in [-0.1, -0.05) is 54.6 Å². The van der Waals surface area contributed by atoms with Crippen molar-refractivity contribution in [3.8, 4) is 28.3 Å². The van der Waals surface area contributed by atoms with E-state index in [1.807, 2.05) is 43.3 Å². The highest BCUT2D eigenvalue weighted by molar-refractivity contribution is 5.93. The van der Waals surface area contributed by atoms with Crippen molar-refractivity contribution in [2.75, 3.05) is 6.61 Å². The van der Waals surface area contributed by atoms with Gasteiger partial charge in [0, 0.05) is 42.2 Å². The van der Waals surface area contributed by atoms with Gasteiger partial charge in [0.2, 0.25) is 5.88 Å². The maximum Gasteiger partial charge on any atom is 0.222 e. The Hall–Kier alpha value is -4.09. The van der Waals surface area contributed by atoms with Gasteiger partial charge in [0.15, 0.2) is 0 Å². The number of nitrogens with two attached hydrogens (primary N) is 1. The summed E-state index contributed by atoms with van der Waals surface area (Å²) in [6.45, 7) is 2.51. The van der Waals surface area contributed by atoms with Gasteiger partial charge in [0.1, 0.15) is 0 Å². The molecule has 5 heteroatoms. The number of fused-ring (bicyclic) bond motifs is 1. The van der Waals surface area contributed by atoms with Crippen LogP contribution in [0.3, 0.4) is 0 Å². The molecule has 34 heavy (non-hydrogen) atoms. The molecular weight excluding hydrogens is 420 g/mol. The molecule has 3 heterocycles. The lowest BCUT2D eigenvalue weighted by Crippen LogP contribution is -2.04. The second-order valence-corrected chi connectivity index (χ2v) is 8.30. The van der Waals surface area contributed by atoms with Crippen molar-refractivity contribution in [1.82, 2.24) is 15.0 Å². The van der Waals surface area contributed by atoms with Crippen LogP contribution in [0.5, 0.6) is 5.88 Å². The molecule has 5 aromatic rings. The van der Waals surface area contributed by atoms with Crippen molar-refractivity contribution in [1.29, 1.82) is 0 Å². The summed E-state index contributed by atoms with van der Waals surface area (Å²) in [5.74, 6) is 0.593. The van der Waals surface area contributed by atoms with Gasteiger partial charge in [-0.3, -0.25) is 4.98 Å². The van der Waals surface area contributed by atoms with E-state index in [9.17, 15) is 0 Å². The van der Waals surface area contributed by atoms with E-state index in [0.717, 1.165) is 45.3 Å². The second kappa shape index (κ2) is 9.81. The molecule has 0 saturated carbocycles. The molecule has 2 N–H and O–H groups in total. The number of nitrogens with zero attached hydrogens (tertiary/aromatic N) is 3. The van der Waals surface area contributed by atoms with E-state index in [0.29, 0.717) is 12.5 Å². The summed E-state index contributed by atoms with van der Waals surface area (Å²) < 4.78 is 6.12. The summed E-state index contributed by atoms with van der Waals surface area (Å²) >= 11 is 0. The Bertz CT molecular complexity index is 1390. The Kier molecular flexibility index (Phi) is 6.27. The van der Waals surface area contributed by atoms with Crippen LogP contribution in [0.25, 0.3) is 33.3 Å². The molecule has 0 aliphatic heterocycles. The fraction of sp³-hybridized carbons (Fsp3) is 0.138. The molecule has 3 aromatic heterocycles. The maximum absolute atomic E-state index is 6.12. The van der Waals surface area contributed by atoms with Crippen LogP contribution in [0.15, 0.2) is 97.5 Å². The van der Waals surface area contributed by atoms with Gasteiger partial charge in [0.05, 0.1) is 23.2 Å². The van der Waals surface area contributed by atoms with E-state index in [-0.39, 0.29) is 6.04 Å². The SMILES string of the molecule is C[C@@H](N)c1ccc(-c2nc3ccnc(OCCc4ccncc4)c3cc2-c2ccccc2)cc1. The van der Waals surface area contributed by atoms with E-state index in [4.69, 9.17) is 15.5 Å². The van der Waals surface area contributed by atoms with Crippen LogP contribution in [0.1, 0.15) is 24.1 Å². The summed E-state index contributed by atoms with van der Waals surface area (Å²) in [4.78, 5) is 13.7. The van der Waals surface area contributed by atoms with Gasteiger partial charge < -0.3 is 10.5 Å². The van der Waals surface area contributed by atoms with Crippen molar-refractivity contribution in [3.05, 3.63) is 109 Å². The third kappa shape index (κ3) is 4.65. The van der Waals surface area contributed by atoms with Crippen molar-refractivity contribution in [2.24, 2.45) is 5.73 Å². The molecule has 0 amide bonds. The van der Waals surface area contributed by atoms with Gasteiger partial charge >= 0.3 is 0 Å². The summed E-state index contributed by atoms with van der Waals surface area (Å²) in [5.41, 5.74) is 13.3. The zero-order valence-electron chi connectivity index (χ0n) is 19.1. The fourth-order valence-electron chi connectivity index (χ4n) is 4.00. The van der Waals surface area contributed by atoms with Crippen LogP contribution < -0.4 is 10.5 Å². The summed E-state index contributed by atoms with van der Waals surface area (Å²) in [6.07, 6.45) is 6.12. The molecule has 5 nitrogen and oxygen atoms in total. The molecule has 0 radical (unpaired) electrons. The van der Waals surface area contributed by atoms with Crippen molar-refractivity contribution < 1.29 is 4.74 Å². The average Bonchev–Trinajstić information content (AvgIpc) is 2.89. The average molecular weight is 447 g/mol. The molecule has 5 rings (SSSR count). The smallest absolute Gasteiger partial charge is 0.222 e. The minimum atomic E-state index is -0.00913. The fourth-order valence-corrected chi connectivity index (χ4v) is 4.00. The molecule has 0 aliphatic rings. The Morgan fingerprint density at radius 2 is 1.62 bits per heavy atom. The molecule has 2 aromatic carbocycles. The van der Waals surface area contributed by atoms with Gasteiger partial charge in [-0.15, -0.1) is 0 Å². The highest BCUT2D eigenvalue weighted by atomic mass is 16.5. The van der Waals surface area contributed by atoms with E-state index in [1.54, 1.807) is 18.6 Å². The number of aromatic nitrogens is 3. The third-order valence-corrected chi connectivity index (χ3v) is 5.88. The number of pyridine rings is 3. The first kappa shape index (κ1) is 21.7. The minimum Gasteiger partial charge on any atom is -0.477 e. The van der Waals surface area contributed by atoms with Crippen molar-refractivity contribution >= 4 is 10.9 Å². The Balaban J connectivity index is 1.56. The number of benzene rings is 2. The molecule has 0 spiro atoms.